The summed E-state index contributed by atoms with van der Waals surface area (Å²) in [6, 6.07) is 8.26. The van der Waals surface area contributed by atoms with Crippen LogP contribution in [-0.2, 0) is 20.5 Å². The maximum atomic E-state index is 13.2. The lowest BCUT2D eigenvalue weighted by Gasteiger charge is -2.34. The zero-order chi connectivity index (χ0) is 23.5. The van der Waals surface area contributed by atoms with Crippen LogP contribution in [0.3, 0.4) is 0 Å². The van der Waals surface area contributed by atoms with Gasteiger partial charge in [-0.05, 0) is 44.2 Å². The number of likely N-dealkylation sites (N-methyl/N-ethyl adjacent to an activating group) is 1. The summed E-state index contributed by atoms with van der Waals surface area (Å²) in [7, 11) is 0. The van der Waals surface area contributed by atoms with Gasteiger partial charge < -0.3 is 20.3 Å². The van der Waals surface area contributed by atoms with Gasteiger partial charge in [0, 0.05) is 6.54 Å². The van der Waals surface area contributed by atoms with Gasteiger partial charge in [-0.25, -0.2) is 4.79 Å². The zero-order valence-corrected chi connectivity index (χ0v) is 17.5. The lowest BCUT2D eigenvalue weighted by molar-refractivity contribution is -0.137. The van der Waals surface area contributed by atoms with Gasteiger partial charge in [0.05, 0.1) is 41.2 Å². The minimum atomic E-state index is -4.63. The average molecular weight is 449 g/mol. The molecule has 0 saturated carbocycles. The molecule has 7 nitrogen and oxygen atoms in total. The summed E-state index contributed by atoms with van der Waals surface area (Å²) in [5.74, 6) is -1.69. The smallest absolute Gasteiger partial charge is 0.418 e. The number of amides is 2. The number of carbonyl (C=O) groups excluding carboxylic acids is 3. The molecule has 2 aromatic rings. The third-order valence-corrected chi connectivity index (χ3v) is 4.90. The lowest BCUT2D eigenvalue weighted by atomic mass is 10.0. The van der Waals surface area contributed by atoms with Crippen LogP contribution in [0, 0.1) is 0 Å². The fraction of sp³-hybridized carbons (Fsp3) is 0.318. The Balaban J connectivity index is 1.81. The van der Waals surface area contributed by atoms with Crippen molar-refractivity contribution in [2.75, 3.05) is 28.7 Å². The quantitative estimate of drug-likeness (QED) is 0.650. The summed E-state index contributed by atoms with van der Waals surface area (Å²) in [4.78, 5) is 38.9. The molecule has 0 aliphatic carbocycles. The maximum absolute atomic E-state index is 13.2. The normalized spacial score (nSPS) is 15.6. The number of hydrogen-bond acceptors (Lipinski definition) is 5. The molecular weight excluding hydrogens is 427 g/mol. The van der Waals surface area contributed by atoms with Crippen LogP contribution in [0.2, 0.25) is 0 Å². The Morgan fingerprint density at radius 2 is 1.88 bits per heavy atom. The van der Waals surface area contributed by atoms with Crippen LogP contribution in [-0.4, -0.2) is 37.0 Å². The first kappa shape index (κ1) is 23.1. The second-order valence-corrected chi connectivity index (χ2v) is 7.03. The van der Waals surface area contributed by atoms with Crippen molar-refractivity contribution in [3.63, 3.8) is 0 Å². The van der Waals surface area contributed by atoms with Gasteiger partial charge in [-0.15, -0.1) is 0 Å². The molecule has 1 aliphatic heterocycles. The first-order chi connectivity index (χ1) is 15.2. The van der Waals surface area contributed by atoms with E-state index in [1.807, 2.05) is 0 Å². The number of nitrogens with one attached hydrogen (secondary N) is 2. The van der Waals surface area contributed by atoms with E-state index in [1.54, 1.807) is 19.9 Å². The summed E-state index contributed by atoms with van der Waals surface area (Å²) in [5.41, 5.74) is -0.109. The monoisotopic (exact) mass is 449 g/mol. The Morgan fingerprint density at radius 3 is 2.53 bits per heavy atom. The number of anilines is 3. The number of esters is 1. The number of para-hydroxylation sites is 1. The van der Waals surface area contributed by atoms with Crippen molar-refractivity contribution in [1.29, 1.82) is 0 Å². The van der Waals surface area contributed by atoms with Crippen LogP contribution in [0.1, 0.15) is 36.2 Å². The molecule has 1 aliphatic rings. The summed E-state index contributed by atoms with van der Waals surface area (Å²) in [6.45, 7) is 3.94. The van der Waals surface area contributed by atoms with E-state index in [1.165, 1.54) is 29.2 Å². The number of fused-ring (bicyclic) bond motifs is 1. The van der Waals surface area contributed by atoms with Crippen LogP contribution < -0.4 is 15.5 Å². The van der Waals surface area contributed by atoms with E-state index in [9.17, 15) is 27.6 Å². The number of carbonyl (C=O) groups is 3. The summed E-state index contributed by atoms with van der Waals surface area (Å²) < 4.78 is 44.5. The highest BCUT2D eigenvalue weighted by Crippen LogP contribution is 2.36. The Bertz CT molecular complexity index is 1040. The van der Waals surface area contributed by atoms with Crippen molar-refractivity contribution in [2.24, 2.45) is 0 Å². The van der Waals surface area contributed by atoms with E-state index in [0.29, 0.717) is 17.9 Å². The molecule has 0 bridgehead atoms. The molecule has 1 atom stereocenters. The molecule has 2 amide bonds. The number of alkyl halides is 3. The molecule has 32 heavy (non-hydrogen) atoms. The zero-order valence-electron chi connectivity index (χ0n) is 17.5. The van der Waals surface area contributed by atoms with Crippen LogP contribution in [0.25, 0.3) is 0 Å². The van der Waals surface area contributed by atoms with Gasteiger partial charge in [-0.2, -0.15) is 13.2 Å². The largest absolute Gasteiger partial charge is 0.462 e. The van der Waals surface area contributed by atoms with E-state index in [4.69, 9.17) is 4.74 Å². The lowest BCUT2D eigenvalue weighted by Crippen LogP contribution is -2.48. The summed E-state index contributed by atoms with van der Waals surface area (Å²) >= 11 is 0. The Kier molecular flexibility index (Phi) is 6.71. The van der Waals surface area contributed by atoms with Gasteiger partial charge >= 0.3 is 12.1 Å². The van der Waals surface area contributed by atoms with Crippen molar-refractivity contribution in [3.8, 4) is 0 Å². The molecule has 10 heteroatoms. The van der Waals surface area contributed by atoms with Gasteiger partial charge in [0.1, 0.15) is 6.04 Å². The molecule has 0 unspecified atom stereocenters. The molecule has 0 aromatic heterocycles. The standard InChI is InChI=1S/C22H22F3N3O4/c1-3-28-18-10-9-13(21(31)32-4-2)11-16(18)26-17(20(28)30)12-19(29)27-15-8-6-5-7-14(15)22(23,24)25/h5-11,17,26H,3-4,12H2,1-2H3,(H,27,29)/t17-/m0/s1. The fourth-order valence-corrected chi connectivity index (χ4v) is 3.48. The Hall–Kier alpha value is -3.56. The third-order valence-electron chi connectivity index (χ3n) is 4.90. The first-order valence-corrected chi connectivity index (χ1v) is 10.0. The highest BCUT2D eigenvalue weighted by Gasteiger charge is 2.36. The average Bonchev–Trinajstić information content (AvgIpc) is 2.74. The third kappa shape index (κ3) is 4.84. The van der Waals surface area contributed by atoms with Crippen molar-refractivity contribution in [3.05, 3.63) is 53.6 Å². The Labute approximate surface area is 182 Å². The highest BCUT2D eigenvalue weighted by atomic mass is 19.4. The summed E-state index contributed by atoms with van der Waals surface area (Å²) in [6.07, 6.45) is -5.03. The molecule has 1 heterocycles. The molecule has 0 spiro atoms. The van der Waals surface area contributed by atoms with E-state index >= 15 is 0 Å². The fourth-order valence-electron chi connectivity index (χ4n) is 3.48. The van der Waals surface area contributed by atoms with Gasteiger partial charge in [-0.3, -0.25) is 9.59 Å². The maximum Gasteiger partial charge on any atom is 0.418 e. The number of hydrogen-bond donors (Lipinski definition) is 2. The van der Waals surface area contributed by atoms with E-state index in [-0.39, 0.29) is 17.9 Å². The van der Waals surface area contributed by atoms with E-state index < -0.39 is 42.0 Å². The Morgan fingerprint density at radius 1 is 1.16 bits per heavy atom. The number of rotatable bonds is 6. The molecule has 0 fully saturated rings. The van der Waals surface area contributed by atoms with E-state index in [2.05, 4.69) is 10.6 Å². The van der Waals surface area contributed by atoms with Crippen LogP contribution >= 0.6 is 0 Å². The molecule has 2 N–H and O–H groups in total. The molecule has 170 valence electrons. The van der Waals surface area contributed by atoms with Crippen molar-refractivity contribution < 1.29 is 32.3 Å². The van der Waals surface area contributed by atoms with Crippen molar-refractivity contribution in [1.82, 2.24) is 0 Å². The topological polar surface area (TPSA) is 87.7 Å². The van der Waals surface area contributed by atoms with Crippen LogP contribution in [0.15, 0.2) is 42.5 Å². The van der Waals surface area contributed by atoms with Gasteiger partial charge in [-0.1, -0.05) is 12.1 Å². The number of halogens is 3. The minimum Gasteiger partial charge on any atom is -0.462 e. The molecular formula is C22H22F3N3O4. The SMILES string of the molecule is CCOC(=O)c1ccc2c(c1)N[C@@H](CC(=O)Nc1ccccc1C(F)(F)F)C(=O)N2CC. The second kappa shape index (κ2) is 9.29. The first-order valence-electron chi connectivity index (χ1n) is 10.0. The van der Waals surface area contributed by atoms with Crippen LogP contribution in [0.5, 0.6) is 0 Å². The molecule has 0 saturated heterocycles. The highest BCUT2D eigenvalue weighted by molar-refractivity contribution is 6.08. The van der Waals surface area contributed by atoms with Gasteiger partial charge in [0.15, 0.2) is 0 Å². The summed E-state index contributed by atoms with van der Waals surface area (Å²) in [5, 5.41) is 5.17. The predicted molar refractivity (Wildman–Crippen MR) is 113 cm³/mol. The predicted octanol–water partition coefficient (Wildman–Crippen LogP) is 4.06. The number of nitrogens with zero attached hydrogens (tertiary/aromatic N) is 1. The molecule has 0 radical (unpaired) electrons. The van der Waals surface area contributed by atoms with Crippen LogP contribution in [0.4, 0.5) is 30.2 Å². The van der Waals surface area contributed by atoms with E-state index in [0.717, 1.165) is 12.1 Å². The number of benzene rings is 2. The van der Waals surface area contributed by atoms with Gasteiger partial charge in [0.25, 0.3) is 0 Å². The molecule has 3 rings (SSSR count). The van der Waals surface area contributed by atoms with Crippen molar-refractivity contribution >= 4 is 34.8 Å². The second-order valence-electron chi connectivity index (χ2n) is 7.03. The number of ether oxygens (including phenoxy) is 1. The minimum absolute atomic E-state index is 0.200. The van der Waals surface area contributed by atoms with Crippen molar-refractivity contribution in [2.45, 2.75) is 32.5 Å². The van der Waals surface area contributed by atoms with Gasteiger partial charge in [0.2, 0.25) is 11.8 Å². The molecule has 2 aromatic carbocycles.